The van der Waals surface area contributed by atoms with Crippen molar-refractivity contribution in [3.63, 3.8) is 0 Å². The lowest BCUT2D eigenvalue weighted by atomic mass is 10.1. The van der Waals surface area contributed by atoms with E-state index in [-0.39, 0.29) is 0 Å². The normalized spacial score (nSPS) is 11.6. The van der Waals surface area contributed by atoms with E-state index < -0.39 is 12.0 Å². The van der Waals surface area contributed by atoms with Crippen molar-refractivity contribution in [2.45, 2.75) is 6.04 Å². The van der Waals surface area contributed by atoms with E-state index in [0.717, 1.165) is 0 Å². The van der Waals surface area contributed by atoms with E-state index in [9.17, 15) is 9.59 Å². The SMILES string of the molecule is COC(=O)[C@H](NC=O)c1ccccc1Cl. The van der Waals surface area contributed by atoms with E-state index in [1.165, 1.54) is 7.11 Å². The van der Waals surface area contributed by atoms with E-state index in [1.54, 1.807) is 24.3 Å². The summed E-state index contributed by atoms with van der Waals surface area (Å²) in [7, 11) is 1.25. The summed E-state index contributed by atoms with van der Waals surface area (Å²) in [6, 6.07) is 5.89. The van der Waals surface area contributed by atoms with Gasteiger partial charge in [-0.05, 0) is 6.07 Å². The Kier molecular flexibility index (Phi) is 4.12. The Balaban J connectivity index is 3.03. The summed E-state index contributed by atoms with van der Waals surface area (Å²) in [5.74, 6) is -0.560. The molecule has 80 valence electrons. The molecule has 5 heteroatoms. The Hall–Kier alpha value is -1.55. The highest BCUT2D eigenvalue weighted by Gasteiger charge is 2.22. The van der Waals surface area contributed by atoms with E-state index in [4.69, 9.17) is 11.6 Å². The number of benzene rings is 1. The van der Waals surface area contributed by atoms with Gasteiger partial charge in [0, 0.05) is 10.6 Å². The molecule has 0 saturated heterocycles. The molecule has 0 heterocycles. The fraction of sp³-hybridized carbons (Fsp3) is 0.200. The van der Waals surface area contributed by atoms with Crippen LogP contribution in [0.5, 0.6) is 0 Å². The molecule has 0 aliphatic rings. The number of carbonyl (C=O) groups is 2. The van der Waals surface area contributed by atoms with Gasteiger partial charge in [0.05, 0.1) is 7.11 Å². The third-order valence-corrected chi connectivity index (χ3v) is 2.23. The van der Waals surface area contributed by atoms with Gasteiger partial charge in [-0.25, -0.2) is 4.79 Å². The minimum atomic E-state index is -0.860. The number of carbonyl (C=O) groups excluding carboxylic acids is 2. The summed E-state index contributed by atoms with van der Waals surface area (Å²) in [5.41, 5.74) is 0.512. The lowest BCUT2D eigenvalue weighted by Gasteiger charge is -2.14. The molecule has 0 spiro atoms. The van der Waals surface area contributed by atoms with Gasteiger partial charge in [-0.2, -0.15) is 0 Å². The highest BCUT2D eigenvalue weighted by atomic mass is 35.5. The number of hydrogen-bond donors (Lipinski definition) is 1. The Morgan fingerprint density at radius 1 is 1.53 bits per heavy atom. The quantitative estimate of drug-likeness (QED) is 0.623. The summed E-state index contributed by atoms with van der Waals surface area (Å²) in [4.78, 5) is 21.7. The molecule has 0 aromatic heterocycles. The number of nitrogens with one attached hydrogen (secondary N) is 1. The minimum Gasteiger partial charge on any atom is -0.467 e. The fourth-order valence-electron chi connectivity index (χ4n) is 1.18. The first-order valence-corrected chi connectivity index (χ1v) is 4.60. The van der Waals surface area contributed by atoms with Gasteiger partial charge in [0.15, 0.2) is 6.04 Å². The standard InChI is InChI=1S/C10H10ClNO3/c1-15-10(14)9(12-6-13)7-4-2-3-5-8(7)11/h2-6,9H,1H3,(H,12,13)/t9-/m1/s1. The van der Waals surface area contributed by atoms with Gasteiger partial charge in [-0.3, -0.25) is 4.79 Å². The Morgan fingerprint density at radius 3 is 2.73 bits per heavy atom. The smallest absolute Gasteiger partial charge is 0.333 e. The van der Waals surface area contributed by atoms with Crippen molar-refractivity contribution in [1.82, 2.24) is 5.32 Å². The zero-order valence-electron chi connectivity index (χ0n) is 8.07. The predicted molar refractivity (Wildman–Crippen MR) is 55.4 cm³/mol. The topological polar surface area (TPSA) is 55.4 Å². The first kappa shape index (κ1) is 11.5. The highest BCUT2D eigenvalue weighted by molar-refractivity contribution is 6.31. The van der Waals surface area contributed by atoms with Gasteiger partial charge in [0.25, 0.3) is 0 Å². The monoisotopic (exact) mass is 227 g/mol. The number of esters is 1. The molecule has 1 N–H and O–H groups in total. The zero-order valence-corrected chi connectivity index (χ0v) is 8.82. The third-order valence-electron chi connectivity index (χ3n) is 1.89. The summed E-state index contributed by atoms with van der Waals surface area (Å²) in [6.45, 7) is 0. The van der Waals surface area contributed by atoms with Gasteiger partial charge >= 0.3 is 5.97 Å². The average molecular weight is 228 g/mol. The Morgan fingerprint density at radius 2 is 2.20 bits per heavy atom. The van der Waals surface area contributed by atoms with Gasteiger partial charge in [0.1, 0.15) is 0 Å². The Labute approximate surface area is 92.2 Å². The van der Waals surface area contributed by atoms with Crippen LogP contribution in [0.3, 0.4) is 0 Å². The molecule has 1 aromatic rings. The molecule has 1 rings (SSSR count). The number of rotatable bonds is 4. The number of hydrogen-bond acceptors (Lipinski definition) is 3. The molecule has 1 amide bonds. The van der Waals surface area contributed by atoms with Crippen LogP contribution in [0.25, 0.3) is 0 Å². The van der Waals surface area contributed by atoms with Crippen molar-refractivity contribution in [3.8, 4) is 0 Å². The molecule has 4 nitrogen and oxygen atoms in total. The van der Waals surface area contributed by atoms with Crippen molar-refractivity contribution < 1.29 is 14.3 Å². The van der Waals surface area contributed by atoms with Crippen LogP contribution in [0.4, 0.5) is 0 Å². The lowest BCUT2D eigenvalue weighted by molar-refractivity contribution is -0.144. The average Bonchev–Trinajstić information content (AvgIpc) is 2.26. The molecule has 0 fully saturated rings. The first-order chi connectivity index (χ1) is 7.20. The molecule has 15 heavy (non-hydrogen) atoms. The van der Waals surface area contributed by atoms with Crippen LogP contribution < -0.4 is 5.32 Å². The number of methoxy groups -OCH3 is 1. The molecule has 0 radical (unpaired) electrons. The van der Waals surface area contributed by atoms with E-state index >= 15 is 0 Å². The van der Waals surface area contributed by atoms with Crippen molar-refractivity contribution in [2.75, 3.05) is 7.11 Å². The second kappa shape index (κ2) is 5.36. The second-order valence-electron chi connectivity index (χ2n) is 2.76. The predicted octanol–water partition coefficient (Wildman–Crippen LogP) is 1.30. The van der Waals surface area contributed by atoms with Crippen molar-refractivity contribution in [3.05, 3.63) is 34.9 Å². The van der Waals surface area contributed by atoms with Gasteiger partial charge < -0.3 is 10.1 Å². The molecule has 0 unspecified atom stereocenters. The van der Waals surface area contributed by atoms with Crippen LogP contribution >= 0.6 is 11.6 Å². The van der Waals surface area contributed by atoms with E-state index in [2.05, 4.69) is 10.1 Å². The molecule has 0 aliphatic carbocycles. The molecule has 0 saturated carbocycles. The maximum atomic E-state index is 11.4. The molecular weight excluding hydrogens is 218 g/mol. The van der Waals surface area contributed by atoms with Gasteiger partial charge in [0.2, 0.25) is 6.41 Å². The van der Waals surface area contributed by atoms with Crippen LogP contribution in [0.2, 0.25) is 5.02 Å². The molecule has 1 atom stereocenters. The molecular formula is C10H10ClNO3. The van der Waals surface area contributed by atoms with Crippen LogP contribution in [0.15, 0.2) is 24.3 Å². The summed E-state index contributed by atoms with van der Waals surface area (Å²) in [6.07, 6.45) is 0.435. The van der Waals surface area contributed by atoms with Crippen LogP contribution in [-0.2, 0) is 14.3 Å². The highest BCUT2D eigenvalue weighted by Crippen LogP contribution is 2.23. The zero-order chi connectivity index (χ0) is 11.3. The fourth-order valence-corrected chi connectivity index (χ4v) is 1.42. The minimum absolute atomic E-state index is 0.405. The number of amides is 1. The maximum Gasteiger partial charge on any atom is 0.333 e. The summed E-state index contributed by atoms with van der Waals surface area (Å²) < 4.78 is 4.56. The van der Waals surface area contributed by atoms with Crippen LogP contribution in [0.1, 0.15) is 11.6 Å². The van der Waals surface area contributed by atoms with E-state index in [1.807, 2.05) is 0 Å². The first-order valence-electron chi connectivity index (χ1n) is 4.22. The van der Waals surface area contributed by atoms with Crippen LogP contribution in [-0.4, -0.2) is 19.5 Å². The largest absolute Gasteiger partial charge is 0.467 e. The van der Waals surface area contributed by atoms with Crippen LogP contribution in [0, 0.1) is 0 Å². The summed E-state index contributed by atoms with van der Waals surface area (Å²) >= 11 is 5.89. The Bertz CT molecular complexity index is 367. The maximum absolute atomic E-state index is 11.4. The van der Waals surface area contributed by atoms with E-state index in [0.29, 0.717) is 17.0 Å². The molecule has 0 aliphatic heterocycles. The third kappa shape index (κ3) is 2.70. The van der Waals surface area contributed by atoms with Crippen molar-refractivity contribution in [2.24, 2.45) is 0 Å². The second-order valence-corrected chi connectivity index (χ2v) is 3.17. The van der Waals surface area contributed by atoms with Gasteiger partial charge in [-0.1, -0.05) is 29.8 Å². The van der Waals surface area contributed by atoms with Gasteiger partial charge in [-0.15, -0.1) is 0 Å². The van der Waals surface area contributed by atoms with Crippen molar-refractivity contribution >= 4 is 24.0 Å². The molecule has 1 aromatic carbocycles. The number of halogens is 1. The lowest BCUT2D eigenvalue weighted by Crippen LogP contribution is -2.28. The number of ether oxygens (including phenoxy) is 1. The van der Waals surface area contributed by atoms with Crippen molar-refractivity contribution in [1.29, 1.82) is 0 Å². The molecule has 0 bridgehead atoms. The summed E-state index contributed by atoms with van der Waals surface area (Å²) in [5, 5.41) is 2.76.